The topological polar surface area (TPSA) is 113 Å². The van der Waals surface area contributed by atoms with Crippen LogP contribution in [-0.4, -0.2) is 35.4 Å². The minimum atomic E-state index is -0.819. The average molecular weight is 407 g/mol. The number of aryl methyl sites for hydroxylation is 1. The number of fused-ring (bicyclic) bond motifs is 3. The Hall–Kier alpha value is -4.14. The second-order valence-corrected chi connectivity index (χ2v) is 6.45. The predicted molar refractivity (Wildman–Crippen MR) is 109 cm³/mol. The molecule has 2 heterocycles. The van der Waals surface area contributed by atoms with E-state index >= 15 is 0 Å². The van der Waals surface area contributed by atoms with Crippen LogP contribution in [0.3, 0.4) is 0 Å². The first kappa shape index (κ1) is 19.2. The summed E-state index contributed by atoms with van der Waals surface area (Å²) in [4.78, 5) is 35.7. The first-order valence-electron chi connectivity index (χ1n) is 8.97. The minimum absolute atomic E-state index is 0.0776. The third-order valence-electron chi connectivity index (χ3n) is 4.48. The first-order chi connectivity index (χ1) is 14.5. The number of anilines is 1. The van der Waals surface area contributed by atoms with Crippen LogP contribution in [-0.2, 0) is 16.6 Å². The molecule has 1 amide bonds. The van der Waals surface area contributed by atoms with E-state index in [0.29, 0.717) is 17.0 Å². The number of para-hydroxylation sites is 1. The number of benzene rings is 2. The Kier molecular flexibility index (Phi) is 4.93. The highest BCUT2D eigenvalue weighted by molar-refractivity contribution is 6.08. The number of methoxy groups -OCH3 is 1. The molecule has 0 saturated heterocycles. The zero-order valence-electron chi connectivity index (χ0n) is 16.2. The van der Waals surface area contributed by atoms with Gasteiger partial charge in [0.1, 0.15) is 16.9 Å². The molecule has 0 saturated carbocycles. The summed E-state index contributed by atoms with van der Waals surface area (Å²) in [5.41, 5.74) is 1.24. The molecule has 9 heteroatoms. The molecule has 152 valence electrons. The van der Waals surface area contributed by atoms with E-state index in [0.717, 1.165) is 21.0 Å². The highest BCUT2D eigenvalue weighted by Gasteiger charge is 2.16. The van der Waals surface area contributed by atoms with Crippen molar-refractivity contribution in [1.29, 1.82) is 0 Å². The summed E-state index contributed by atoms with van der Waals surface area (Å²) in [6.45, 7) is -0.537. The number of hydrogen-bond donors (Lipinski definition) is 1. The molecular formula is C21H17N3O6. The molecule has 1 N–H and O–H groups in total. The SMILES string of the molecule is COc1cc2c(cc1NC(=O)COC(=O)c1ccc(=O)n(C)n1)oc1ccccc12. The summed E-state index contributed by atoms with van der Waals surface area (Å²) in [5.74, 6) is -0.948. The van der Waals surface area contributed by atoms with Gasteiger partial charge in [-0.1, -0.05) is 18.2 Å². The van der Waals surface area contributed by atoms with Gasteiger partial charge in [-0.25, -0.2) is 9.48 Å². The zero-order chi connectivity index (χ0) is 21.3. The van der Waals surface area contributed by atoms with Crippen molar-refractivity contribution in [2.45, 2.75) is 0 Å². The van der Waals surface area contributed by atoms with Gasteiger partial charge < -0.3 is 19.2 Å². The van der Waals surface area contributed by atoms with Gasteiger partial charge in [0.25, 0.3) is 11.5 Å². The fourth-order valence-corrected chi connectivity index (χ4v) is 3.02. The van der Waals surface area contributed by atoms with Crippen molar-refractivity contribution >= 4 is 39.5 Å². The number of rotatable bonds is 5. The number of aromatic nitrogens is 2. The molecule has 0 aliphatic rings. The third-order valence-corrected chi connectivity index (χ3v) is 4.48. The lowest BCUT2D eigenvalue weighted by Crippen LogP contribution is -2.24. The second-order valence-electron chi connectivity index (χ2n) is 6.45. The number of nitrogens with zero attached hydrogens (tertiary/aromatic N) is 2. The number of amides is 1. The van der Waals surface area contributed by atoms with Crippen molar-refractivity contribution in [2.24, 2.45) is 7.05 Å². The molecule has 0 bridgehead atoms. The summed E-state index contributed by atoms with van der Waals surface area (Å²) in [7, 11) is 2.90. The maximum absolute atomic E-state index is 12.3. The molecular weight excluding hydrogens is 390 g/mol. The van der Waals surface area contributed by atoms with Gasteiger partial charge in [-0.2, -0.15) is 5.10 Å². The number of carbonyl (C=O) groups is 2. The summed E-state index contributed by atoms with van der Waals surface area (Å²) < 4.78 is 17.2. The summed E-state index contributed by atoms with van der Waals surface area (Å²) in [5, 5.41) is 8.22. The molecule has 0 atom stereocenters. The van der Waals surface area contributed by atoms with E-state index in [4.69, 9.17) is 13.9 Å². The van der Waals surface area contributed by atoms with Crippen LogP contribution in [0.4, 0.5) is 5.69 Å². The Morgan fingerprint density at radius 1 is 1.10 bits per heavy atom. The molecule has 0 spiro atoms. The van der Waals surface area contributed by atoms with Gasteiger partial charge in [0, 0.05) is 30.0 Å². The number of carbonyl (C=O) groups excluding carboxylic acids is 2. The second kappa shape index (κ2) is 7.70. The van der Waals surface area contributed by atoms with Crippen molar-refractivity contribution < 1.29 is 23.5 Å². The van der Waals surface area contributed by atoms with Gasteiger partial charge >= 0.3 is 5.97 Å². The Bertz CT molecular complexity index is 1340. The maximum Gasteiger partial charge on any atom is 0.359 e. The summed E-state index contributed by atoms with van der Waals surface area (Å²) in [6.07, 6.45) is 0. The average Bonchev–Trinajstić information content (AvgIpc) is 3.10. The van der Waals surface area contributed by atoms with Gasteiger partial charge in [-0.05, 0) is 18.2 Å². The number of furan rings is 1. The summed E-state index contributed by atoms with van der Waals surface area (Å²) >= 11 is 0. The number of ether oxygens (including phenoxy) is 2. The molecule has 2 aromatic carbocycles. The van der Waals surface area contributed by atoms with Crippen LogP contribution in [0.1, 0.15) is 10.5 Å². The molecule has 4 rings (SSSR count). The Balaban J connectivity index is 1.50. The molecule has 30 heavy (non-hydrogen) atoms. The lowest BCUT2D eigenvalue weighted by molar-refractivity contribution is -0.119. The van der Waals surface area contributed by atoms with Crippen LogP contribution in [0, 0.1) is 0 Å². The van der Waals surface area contributed by atoms with Crippen LogP contribution < -0.4 is 15.6 Å². The smallest absolute Gasteiger partial charge is 0.359 e. The largest absolute Gasteiger partial charge is 0.495 e. The van der Waals surface area contributed by atoms with E-state index < -0.39 is 18.5 Å². The molecule has 0 aliphatic heterocycles. The third kappa shape index (κ3) is 3.60. The summed E-state index contributed by atoms with van der Waals surface area (Å²) in [6, 6.07) is 13.4. The quantitative estimate of drug-likeness (QED) is 0.506. The molecule has 4 aromatic rings. The number of hydrogen-bond acceptors (Lipinski definition) is 7. The van der Waals surface area contributed by atoms with Gasteiger partial charge in [0.2, 0.25) is 0 Å². The van der Waals surface area contributed by atoms with Crippen molar-refractivity contribution in [2.75, 3.05) is 19.0 Å². The highest BCUT2D eigenvalue weighted by atomic mass is 16.5. The molecule has 0 aliphatic carbocycles. The van der Waals surface area contributed by atoms with Gasteiger partial charge in [0.15, 0.2) is 12.3 Å². The van der Waals surface area contributed by atoms with Gasteiger partial charge in [0.05, 0.1) is 12.8 Å². The molecule has 0 radical (unpaired) electrons. The van der Waals surface area contributed by atoms with Crippen molar-refractivity contribution in [3.63, 3.8) is 0 Å². The Morgan fingerprint density at radius 2 is 1.90 bits per heavy atom. The van der Waals surface area contributed by atoms with E-state index in [9.17, 15) is 14.4 Å². The van der Waals surface area contributed by atoms with E-state index in [1.807, 2.05) is 24.3 Å². The minimum Gasteiger partial charge on any atom is -0.495 e. The highest BCUT2D eigenvalue weighted by Crippen LogP contribution is 2.36. The van der Waals surface area contributed by atoms with Crippen LogP contribution >= 0.6 is 0 Å². The monoisotopic (exact) mass is 407 g/mol. The zero-order valence-corrected chi connectivity index (χ0v) is 16.2. The van der Waals surface area contributed by atoms with Crippen molar-refractivity contribution in [3.8, 4) is 5.75 Å². The fourth-order valence-electron chi connectivity index (χ4n) is 3.02. The number of nitrogens with one attached hydrogen (secondary N) is 1. The first-order valence-corrected chi connectivity index (χ1v) is 8.97. The fraction of sp³-hybridized carbons (Fsp3) is 0.143. The van der Waals surface area contributed by atoms with Crippen LogP contribution in [0.5, 0.6) is 5.75 Å². The van der Waals surface area contributed by atoms with Crippen LogP contribution in [0.25, 0.3) is 21.9 Å². The molecule has 0 fully saturated rings. The van der Waals surface area contributed by atoms with Gasteiger partial charge in [-0.15, -0.1) is 0 Å². The van der Waals surface area contributed by atoms with Gasteiger partial charge in [-0.3, -0.25) is 9.59 Å². The Morgan fingerprint density at radius 3 is 2.67 bits per heavy atom. The standard InChI is InChI=1S/C21H17N3O6/c1-24-20(26)8-7-14(23-24)21(27)29-11-19(25)22-15-10-17-13(9-18(15)28-2)12-5-3-4-6-16(12)30-17/h3-10H,11H2,1-2H3,(H,22,25). The van der Waals surface area contributed by atoms with Crippen LogP contribution in [0.2, 0.25) is 0 Å². The predicted octanol–water partition coefficient (Wildman–Crippen LogP) is 2.48. The molecule has 9 nitrogen and oxygen atoms in total. The van der Waals surface area contributed by atoms with E-state index in [1.54, 1.807) is 12.1 Å². The normalized spacial score (nSPS) is 10.9. The van der Waals surface area contributed by atoms with E-state index in [2.05, 4.69) is 10.4 Å². The van der Waals surface area contributed by atoms with Crippen molar-refractivity contribution in [1.82, 2.24) is 9.78 Å². The molecule has 2 aromatic heterocycles. The Labute approximate surface area is 169 Å². The van der Waals surface area contributed by atoms with Crippen LogP contribution in [0.15, 0.2) is 57.7 Å². The van der Waals surface area contributed by atoms with Crippen molar-refractivity contribution in [3.05, 3.63) is 64.6 Å². The lowest BCUT2D eigenvalue weighted by atomic mass is 10.1. The maximum atomic E-state index is 12.3. The van der Waals surface area contributed by atoms with E-state index in [-0.39, 0.29) is 11.3 Å². The van der Waals surface area contributed by atoms with E-state index in [1.165, 1.54) is 26.3 Å². The number of esters is 1. The molecule has 0 unspecified atom stereocenters. The lowest BCUT2D eigenvalue weighted by Gasteiger charge is -2.10.